The van der Waals surface area contributed by atoms with Crippen molar-refractivity contribution >= 4 is 44.2 Å². The Bertz CT molecular complexity index is 1030. The Morgan fingerprint density at radius 3 is 2.72 bits per heavy atom. The molecule has 0 spiro atoms. The quantitative estimate of drug-likeness (QED) is 0.597. The lowest BCUT2D eigenvalue weighted by molar-refractivity contribution is 0.0391. The Morgan fingerprint density at radius 1 is 1.17 bits per heavy atom. The van der Waals surface area contributed by atoms with Crippen molar-refractivity contribution in [2.45, 2.75) is 13.8 Å². The number of thiazole rings is 1. The number of halogens is 1. The first kappa shape index (κ1) is 20.3. The third-order valence-electron chi connectivity index (χ3n) is 5.31. The van der Waals surface area contributed by atoms with Gasteiger partial charge in [-0.25, -0.2) is 4.98 Å². The number of rotatable bonds is 5. The Labute approximate surface area is 179 Å². The van der Waals surface area contributed by atoms with E-state index in [2.05, 4.69) is 11.8 Å². The molecule has 0 saturated carbocycles. The van der Waals surface area contributed by atoms with E-state index in [0.29, 0.717) is 22.3 Å². The van der Waals surface area contributed by atoms with Crippen LogP contribution in [0.4, 0.5) is 5.13 Å². The van der Waals surface area contributed by atoms with Crippen molar-refractivity contribution in [2.75, 3.05) is 44.3 Å². The minimum atomic E-state index is -0.0217. The molecule has 1 fully saturated rings. The van der Waals surface area contributed by atoms with Crippen molar-refractivity contribution in [1.82, 2.24) is 9.88 Å². The van der Waals surface area contributed by atoms with Crippen LogP contribution in [-0.2, 0) is 4.74 Å². The SMILES string of the molecule is Cc1ccc(C(=O)N(CCN2CCOCC2)c2nc3ccc(Cl)cc3s2)cc1C. The van der Waals surface area contributed by atoms with Gasteiger partial charge in [0.25, 0.3) is 5.91 Å². The number of carbonyl (C=O) groups is 1. The highest BCUT2D eigenvalue weighted by Crippen LogP contribution is 2.31. The van der Waals surface area contributed by atoms with E-state index in [-0.39, 0.29) is 5.91 Å². The van der Waals surface area contributed by atoms with E-state index < -0.39 is 0 Å². The number of fused-ring (bicyclic) bond motifs is 1. The molecule has 7 heteroatoms. The molecule has 1 saturated heterocycles. The maximum Gasteiger partial charge on any atom is 0.260 e. The molecule has 3 aromatic rings. The van der Waals surface area contributed by atoms with Gasteiger partial charge in [-0.3, -0.25) is 14.6 Å². The molecule has 1 aliphatic rings. The second kappa shape index (κ2) is 8.79. The molecule has 0 aliphatic carbocycles. The Balaban J connectivity index is 1.64. The summed E-state index contributed by atoms with van der Waals surface area (Å²) in [7, 11) is 0. The highest BCUT2D eigenvalue weighted by molar-refractivity contribution is 7.22. The summed E-state index contributed by atoms with van der Waals surface area (Å²) in [6.45, 7) is 8.72. The van der Waals surface area contributed by atoms with E-state index in [1.807, 2.05) is 43.3 Å². The topological polar surface area (TPSA) is 45.7 Å². The minimum Gasteiger partial charge on any atom is -0.379 e. The molecule has 152 valence electrons. The summed E-state index contributed by atoms with van der Waals surface area (Å²) in [6, 6.07) is 11.5. The largest absolute Gasteiger partial charge is 0.379 e. The molecular formula is C22H24ClN3O2S. The Morgan fingerprint density at radius 2 is 1.97 bits per heavy atom. The number of morpholine rings is 1. The van der Waals surface area contributed by atoms with Crippen molar-refractivity contribution < 1.29 is 9.53 Å². The highest BCUT2D eigenvalue weighted by Gasteiger charge is 2.23. The molecule has 0 atom stereocenters. The number of aryl methyl sites for hydroxylation is 2. The first-order valence-electron chi connectivity index (χ1n) is 9.76. The number of nitrogens with zero attached hydrogens (tertiary/aromatic N) is 3. The summed E-state index contributed by atoms with van der Waals surface area (Å²) in [4.78, 5) is 22.3. The van der Waals surface area contributed by atoms with Crippen LogP contribution in [0.25, 0.3) is 10.2 Å². The minimum absolute atomic E-state index is 0.0217. The van der Waals surface area contributed by atoms with Gasteiger partial charge in [-0.15, -0.1) is 0 Å². The number of aromatic nitrogens is 1. The fourth-order valence-electron chi connectivity index (χ4n) is 3.38. The van der Waals surface area contributed by atoms with E-state index in [9.17, 15) is 4.79 Å². The van der Waals surface area contributed by atoms with Crippen LogP contribution in [0.15, 0.2) is 36.4 Å². The van der Waals surface area contributed by atoms with Crippen molar-refractivity contribution in [3.05, 3.63) is 58.1 Å². The lowest BCUT2D eigenvalue weighted by Crippen LogP contribution is -2.43. The van der Waals surface area contributed by atoms with Crippen LogP contribution in [0.2, 0.25) is 5.02 Å². The molecule has 2 aromatic carbocycles. The van der Waals surface area contributed by atoms with Crippen molar-refractivity contribution in [3.8, 4) is 0 Å². The first-order chi connectivity index (χ1) is 14.0. The van der Waals surface area contributed by atoms with Gasteiger partial charge in [0.1, 0.15) is 0 Å². The predicted molar refractivity (Wildman–Crippen MR) is 119 cm³/mol. The number of benzene rings is 2. The molecule has 4 rings (SSSR count). The van der Waals surface area contributed by atoms with Crippen LogP contribution in [0.1, 0.15) is 21.5 Å². The first-order valence-corrected chi connectivity index (χ1v) is 11.0. The van der Waals surface area contributed by atoms with Crippen molar-refractivity contribution in [2.24, 2.45) is 0 Å². The Kier molecular flexibility index (Phi) is 6.15. The monoisotopic (exact) mass is 429 g/mol. The number of hydrogen-bond acceptors (Lipinski definition) is 5. The fraction of sp³-hybridized carbons (Fsp3) is 0.364. The van der Waals surface area contributed by atoms with Gasteiger partial charge in [0, 0.05) is 36.8 Å². The van der Waals surface area contributed by atoms with Gasteiger partial charge in [0.15, 0.2) is 5.13 Å². The predicted octanol–water partition coefficient (Wildman–Crippen LogP) is 4.55. The average molecular weight is 430 g/mol. The number of hydrogen-bond donors (Lipinski definition) is 0. The van der Waals surface area contributed by atoms with Crippen LogP contribution in [0.5, 0.6) is 0 Å². The normalized spacial score (nSPS) is 15.0. The maximum atomic E-state index is 13.4. The standard InChI is InChI=1S/C22H24ClN3O2S/c1-15-3-4-17(13-16(15)2)21(27)26(8-7-25-9-11-28-12-10-25)22-24-19-6-5-18(23)14-20(19)29-22/h3-6,13-14H,7-12H2,1-2H3. The van der Waals surface area contributed by atoms with E-state index in [0.717, 1.165) is 48.6 Å². The summed E-state index contributed by atoms with van der Waals surface area (Å²) in [5, 5.41) is 1.38. The van der Waals surface area contributed by atoms with Gasteiger partial charge in [-0.05, 0) is 55.3 Å². The Hall–Kier alpha value is -1.99. The van der Waals surface area contributed by atoms with E-state index in [1.54, 1.807) is 4.90 Å². The number of ether oxygens (including phenoxy) is 1. The molecule has 0 N–H and O–H groups in total. The van der Waals surface area contributed by atoms with Gasteiger partial charge in [0.05, 0.1) is 23.4 Å². The maximum absolute atomic E-state index is 13.4. The molecule has 1 aliphatic heterocycles. The van der Waals surface area contributed by atoms with Crippen LogP contribution in [0, 0.1) is 13.8 Å². The summed E-state index contributed by atoms with van der Waals surface area (Å²) < 4.78 is 6.42. The zero-order chi connectivity index (χ0) is 20.4. The number of carbonyl (C=O) groups excluding carboxylic acids is 1. The van der Waals surface area contributed by atoms with Gasteiger partial charge >= 0.3 is 0 Å². The summed E-state index contributed by atoms with van der Waals surface area (Å²) in [6.07, 6.45) is 0. The summed E-state index contributed by atoms with van der Waals surface area (Å²) in [5.74, 6) is -0.0217. The van der Waals surface area contributed by atoms with Gasteiger partial charge in [0.2, 0.25) is 0 Å². The third-order valence-corrected chi connectivity index (χ3v) is 6.59. The zero-order valence-electron chi connectivity index (χ0n) is 16.7. The van der Waals surface area contributed by atoms with Gasteiger partial charge in [-0.1, -0.05) is 29.0 Å². The number of amides is 1. The van der Waals surface area contributed by atoms with Crippen LogP contribution >= 0.6 is 22.9 Å². The summed E-state index contributed by atoms with van der Waals surface area (Å²) >= 11 is 7.64. The molecule has 0 bridgehead atoms. The van der Waals surface area contributed by atoms with E-state index >= 15 is 0 Å². The van der Waals surface area contributed by atoms with E-state index in [4.69, 9.17) is 21.3 Å². The average Bonchev–Trinajstić information content (AvgIpc) is 3.13. The van der Waals surface area contributed by atoms with Gasteiger partial charge in [-0.2, -0.15) is 0 Å². The van der Waals surface area contributed by atoms with Crippen LogP contribution in [-0.4, -0.2) is 55.2 Å². The molecule has 0 radical (unpaired) electrons. The molecule has 1 amide bonds. The molecule has 0 unspecified atom stereocenters. The van der Waals surface area contributed by atoms with Crippen LogP contribution < -0.4 is 4.90 Å². The van der Waals surface area contributed by atoms with Crippen molar-refractivity contribution in [3.63, 3.8) is 0 Å². The van der Waals surface area contributed by atoms with Crippen LogP contribution in [0.3, 0.4) is 0 Å². The highest BCUT2D eigenvalue weighted by atomic mass is 35.5. The second-order valence-electron chi connectivity index (χ2n) is 7.32. The van der Waals surface area contributed by atoms with Gasteiger partial charge < -0.3 is 4.74 Å². The number of anilines is 1. The smallest absolute Gasteiger partial charge is 0.260 e. The third kappa shape index (κ3) is 4.61. The van der Waals surface area contributed by atoms with E-state index in [1.165, 1.54) is 16.9 Å². The molecule has 29 heavy (non-hydrogen) atoms. The molecule has 1 aromatic heterocycles. The molecular weight excluding hydrogens is 406 g/mol. The van der Waals surface area contributed by atoms with Crippen molar-refractivity contribution in [1.29, 1.82) is 0 Å². The molecule has 2 heterocycles. The lowest BCUT2D eigenvalue weighted by Gasteiger charge is -2.29. The lowest BCUT2D eigenvalue weighted by atomic mass is 10.1. The summed E-state index contributed by atoms with van der Waals surface area (Å²) in [5.41, 5.74) is 3.84. The fourth-order valence-corrected chi connectivity index (χ4v) is 4.65. The zero-order valence-corrected chi connectivity index (χ0v) is 18.2. The molecule has 5 nitrogen and oxygen atoms in total. The second-order valence-corrected chi connectivity index (χ2v) is 8.76.